The first-order valence-corrected chi connectivity index (χ1v) is 8.13. The van der Waals surface area contributed by atoms with Crippen LogP contribution in [0.15, 0.2) is 0 Å². The molecule has 1 spiro atoms. The van der Waals surface area contributed by atoms with Gasteiger partial charge in [0, 0.05) is 6.54 Å². The van der Waals surface area contributed by atoms with Crippen LogP contribution in [0.25, 0.3) is 0 Å². The van der Waals surface area contributed by atoms with Crippen LogP contribution < -0.4 is 16.0 Å². The summed E-state index contributed by atoms with van der Waals surface area (Å²) in [4.78, 5) is 48.7. The fraction of sp³-hybridized carbons (Fsp3) is 0.733. The van der Waals surface area contributed by atoms with Crippen molar-refractivity contribution >= 4 is 23.9 Å². The summed E-state index contributed by atoms with van der Waals surface area (Å²) in [6.07, 6.45) is 4.05. The standard InChI is InChI=1S/C15H24N4O4/c1-3-10-5-7-15(8-6-10)12(21)19(14(23)18-15)9-11(20)17-13(22)16-4-2/h10H,3-9H2,1-2H3,(H,18,23)(H2,16,17,20,22). The zero-order valence-corrected chi connectivity index (χ0v) is 13.6. The topological polar surface area (TPSA) is 108 Å². The van der Waals surface area contributed by atoms with Crippen molar-refractivity contribution in [2.24, 2.45) is 5.92 Å². The summed E-state index contributed by atoms with van der Waals surface area (Å²) in [5.74, 6) is -0.456. The molecule has 6 amide bonds. The molecule has 1 heterocycles. The van der Waals surface area contributed by atoms with Gasteiger partial charge in [0.15, 0.2) is 0 Å². The van der Waals surface area contributed by atoms with Crippen LogP contribution in [0.5, 0.6) is 0 Å². The predicted octanol–water partition coefficient (Wildman–Crippen LogP) is 0.723. The molecule has 8 heteroatoms. The van der Waals surface area contributed by atoms with E-state index < -0.39 is 30.1 Å². The van der Waals surface area contributed by atoms with Crippen molar-refractivity contribution in [2.75, 3.05) is 13.1 Å². The summed E-state index contributed by atoms with van der Waals surface area (Å²) >= 11 is 0. The number of rotatable bonds is 4. The van der Waals surface area contributed by atoms with Crippen molar-refractivity contribution < 1.29 is 19.2 Å². The minimum absolute atomic E-state index is 0.358. The molecule has 0 aromatic rings. The van der Waals surface area contributed by atoms with E-state index in [9.17, 15) is 19.2 Å². The van der Waals surface area contributed by atoms with Gasteiger partial charge in [-0.25, -0.2) is 9.59 Å². The van der Waals surface area contributed by atoms with Gasteiger partial charge in [0.1, 0.15) is 12.1 Å². The van der Waals surface area contributed by atoms with Crippen LogP contribution in [-0.4, -0.2) is 47.4 Å². The second-order valence-electron chi connectivity index (χ2n) is 6.16. The van der Waals surface area contributed by atoms with Gasteiger partial charge in [-0.3, -0.25) is 19.8 Å². The van der Waals surface area contributed by atoms with Crippen molar-refractivity contribution in [3.8, 4) is 0 Å². The van der Waals surface area contributed by atoms with E-state index >= 15 is 0 Å². The van der Waals surface area contributed by atoms with E-state index in [4.69, 9.17) is 0 Å². The molecule has 23 heavy (non-hydrogen) atoms. The summed E-state index contributed by atoms with van der Waals surface area (Å²) < 4.78 is 0. The summed E-state index contributed by atoms with van der Waals surface area (Å²) in [7, 11) is 0. The number of imide groups is 2. The van der Waals surface area contributed by atoms with Crippen LogP contribution in [0.3, 0.4) is 0 Å². The van der Waals surface area contributed by atoms with Crippen molar-refractivity contribution in [1.29, 1.82) is 0 Å². The average Bonchev–Trinajstić information content (AvgIpc) is 2.73. The van der Waals surface area contributed by atoms with Crippen LogP contribution in [0.2, 0.25) is 0 Å². The molecule has 0 aromatic heterocycles. The second-order valence-corrected chi connectivity index (χ2v) is 6.16. The highest BCUT2D eigenvalue weighted by Gasteiger charge is 2.52. The van der Waals surface area contributed by atoms with Gasteiger partial charge in [0.25, 0.3) is 5.91 Å². The molecule has 1 aliphatic carbocycles. The van der Waals surface area contributed by atoms with Crippen molar-refractivity contribution in [1.82, 2.24) is 20.9 Å². The maximum absolute atomic E-state index is 12.6. The summed E-state index contributed by atoms with van der Waals surface area (Å²) in [6.45, 7) is 3.78. The lowest BCUT2D eigenvalue weighted by Gasteiger charge is -2.34. The fourth-order valence-corrected chi connectivity index (χ4v) is 3.25. The average molecular weight is 324 g/mol. The molecule has 128 valence electrons. The third-order valence-corrected chi connectivity index (χ3v) is 4.67. The van der Waals surface area contributed by atoms with E-state index in [1.54, 1.807) is 6.92 Å². The quantitative estimate of drug-likeness (QED) is 0.662. The molecule has 2 fully saturated rings. The van der Waals surface area contributed by atoms with E-state index in [0.29, 0.717) is 25.3 Å². The number of amides is 6. The lowest BCUT2D eigenvalue weighted by molar-refractivity contribution is -0.135. The predicted molar refractivity (Wildman–Crippen MR) is 82.4 cm³/mol. The van der Waals surface area contributed by atoms with Gasteiger partial charge in [-0.15, -0.1) is 0 Å². The molecule has 0 unspecified atom stereocenters. The molecule has 8 nitrogen and oxygen atoms in total. The first-order chi connectivity index (χ1) is 10.9. The molecule has 2 rings (SSSR count). The molecular formula is C15H24N4O4. The van der Waals surface area contributed by atoms with Crippen LogP contribution in [0.4, 0.5) is 9.59 Å². The number of hydrogen-bond donors (Lipinski definition) is 3. The van der Waals surface area contributed by atoms with E-state index in [2.05, 4.69) is 22.9 Å². The zero-order chi connectivity index (χ0) is 17.0. The Morgan fingerprint density at radius 1 is 1.26 bits per heavy atom. The maximum Gasteiger partial charge on any atom is 0.325 e. The third kappa shape index (κ3) is 3.62. The van der Waals surface area contributed by atoms with Crippen molar-refractivity contribution in [3.05, 3.63) is 0 Å². The SMILES string of the molecule is CCNC(=O)NC(=O)CN1C(=O)NC2(CCC(CC)CC2)C1=O. The van der Waals surface area contributed by atoms with Gasteiger partial charge in [0.2, 0.25) is 5.91 Å². The Balaban J connectivity index is 1.96. The van der Waals surface area contributed by atoms with Gasteiger partial charge in [-0.2, -0.15) is 0 Å². The monoisotopic (exact) mass is 324 g/mol. The van der Waals surface area contributed by atoms with E-state index in [-0.39, 0.29) is 5.91 Å². The zero-order valence-electron chi connectivity index (χ0n) is 13.6. The smallest absolute Gasteiger partial charge is 0.325 e. The first-order valence-electron chi connectivity index (χ1n) is 8.13. The lowest BCUT2D eigenvalue weighted by Crippen LogP contribution is -2.50. The molecule has 1 saturated carbocycles. The Morgan fingerprint density at radius 2 is 1.91 bits per heavy atom. The number of carbonyl (C=O) groups is 4. The highest BCUT2D eigenvalue weighted by Crippen LogP contribution is 2.37. The Kier molecular flexibility index (Phi) is 5.23. The molecule has 3 N–H and O–H groups in total. The van der Waals surface area contributed by atoms with E-state index in [1.165, 1.54) is 0 Å². The Morgan fingerprint density at radius 3 is 2.48 bits per heavy atom. The van der Waals surface area contributed by atoms with Crippen LogP contribution in [0, 0.1) is 5.92 Å². The van der Waals surface area contributed by atoms with Gasteiger partial charge < -0.3 is 10.6 Å². The normalized spacial score (nSPS) is 27.0. The molecule has 1 aliphatic heterocycles. The van der Waals surface area contributed by atoms with E-state index in [0.717, 1.165) is 24.2 Å². The van der Waals surface area contributed by atoms with Crippen LogP contribution in [-0.2, 0) is 9.59 Å². The number of nitrogens with zero attached hydrogens (tertiary/aromatic N) is 1. The van der Waals surface area contributed by atoms with Gasteiger partial charge in [0.05, 0.1) is 0 Å². The minimum atomic E-state index is -0.866. The van der Waals surface area contributed by atoms with E-state index in [1.807, 2.05) is 0 Å². The number of hydrogen-bond acceptors (Lipinski definition) is 4. The molecule has 1 saturated heterocycles. The molecule has 0 atom stereocenters. The van der Waals surface area contributed by atoms with Gasteiger partial charge >= 0.3 is 12.1 Å². The molecule has 0 radical (unpaired) electrons. The summed E-state index contributed by atoms with van der Waals surface area (Å²) in [5.41, 5.74) is -0.866. The number of carbonyl (C=O) groups excluding carboxylic acids is 4. The molecular weight excluding hydrogens is 300 g/mol. The third-order valence-electron chi connectivity index (χ3n) is 4.67. The largest absolute Gasteiger partial charge is 0.338 e. The van der Waals surface area contributed by atoms with Gasteiger partial charge in [-0.1, -0.05) is 13.3 Å². The Labute approximate surface area is 135 Å². The second kappa shape index (κ2) is 6.97. The van der Waals surface area contributed by atoms with Crippen LogP contribution >= 0.6 is 0 Å². The fourth-order valence-electron chi connectivity index (χ4n) is 3.25. The molecule has 2 aliphatic rings. The first kappa shape index (κ1) is 17.2. The number of urea groups is 2. The van der Waals surface area contributed by atoms with Crippen molar-refractivity contribution in [3.63, 3.8) is 0 Å². The minimum Gasteiger partial charge on any atom is -0.338 e. The molecule has 0 bridgehead atoms. The summed E-state index contributed by atoms with van der Waals surface area (Å²) in [5, 5.41) is 7.27. The molecule has 0 aromatic carbocycles. The van der Waals surface area contributed by atoms with Gasteiger partial charge in [-0.05, 0) is 38.5 Å². The Hall–Kier alpha value is -2.12. The Bertz CT molecular complexity index is 512. The van der Waals surface area contributed by atoms with Crippen molar-refractivity contribution in [2.45, 2.75) is 51.5 Å². The maximum atomic E-state index is 12.6. The lowest BCUT2D eigenvalue weighted by atomic mass is 9.75. The highest BCUT2D eigenvalue weighted by molar-refractivity contribution is 6.10. The summed E-state index contributed by atoms with van der Waals surface area (Å²) in [6, 6.07) is -1.20. The van der Waals surface area contributed by atoms with Crippen LogP contribution in [0.1, 0.15) is 46.0 Å². The number of nitrogens with one attached hydrogen (secondary N) is 3. The highest BCUT2D eigenvalue weighted by atomic mass is 16.2.